The number of phenols is 1. The van der Waals surface area contributed by atoms with Crippen LogP contribution in [0.15, 0.2) is 24.3 Å². The van der Waals surface area contributed by atoms with Crippen molar-refractivity contribution in [3.63, 3.8) is 0 Å². The van der Waals surface area contributed by atoms with Gasteiger partial charge in [-0.15, -0.1) is 0 Å². The quantitative estimate of drug-likeness (QED) is 0.652. The van der Waals surface area contributed by atoms with Crippen LogP contribution in [0.3, 0.4) is 0 Å². The van der Waals surface area contributed by atoms with Crippen molar-refractivity contribution < 1.29 is 10.2 Å². The molecule has 0 spiro atoms. The molecule has 1 aromatic rings. The Morgan fingerprint density at radius 1 is 1.38 bits per heavy atom. The number of aliphatic hydroxyl groups is 1. The Labute approximate surface area is 77.8 Å². The van der Waals surface area contributed by atoms with Crippen LogP contribution in [0.5, 0.6) is 5.75 Å². The van der Waals surface area contributed by atoms with Gasteiger partial charge < -0.3 is 15.9 Å². The van der Waals surface area contributed by atoms with Gasteiger partial charge in [0.2, 0.25) is 0 Å². The predicted octanol–water partition coefficient (Wildman–Crippen LogP) is 1.02. The number of hydrogen-bond acceptors (Lipinski definition) is 3. The Morgan fingerprint density at radius 2 is 2.00 bits per heavy atom. The summed E-state index contributed by atoms with van der Waals surface area (Å²) in [7, 11) is 0. The van der Waals surface area contributed by atoms with Gasteiger partial charge in [-0.3, -0.25) is 0 Å². The fraction of sp³-hybridized carbons (Fsp3) is 0.400. The first kappa shape index (κ1) is 10.0. The van der Waals surface area contributed by atoms with E-state index in [4.69, 9.17) is 5.73 Å². The first-order valence-electron chi connectivity index (χ1n) is 4.33. The van der Waals surface area contributed by atoms with Gasteiger partial charge in [-0.1, -0.05) is 25.1 Å². The maximum Gasteiger partial charge on any atom is 0.121 e. The summed E-state index contributed by atoms with van der Waals surface area (Å²) in [5, 5.41) is 19.2. The third-order valence-corrected chi connectivity index (χ3v) is 2.17. The molecule has 0 amide bonds. The van der Waals surface area contributed by atoms with E-state index in [1.165, 1.54) is 0 Å². The second kappa shape index (κ2) is 4.25. The summed E-state index contributed by atoms with van der Waals surface area (Å²) in [5.41, 5.74) is 5.96. The molecule has 0 aliphatic heterocycles. The molecule has 2 unspecified atom stereocenters. The zero-order valence-electron chi connectivity index (χ0n) is 7.64. The normalized spacial score (nSPS) is 15.3. The minimum absolute atomic E-state index is 0.0479. The Morgan fingerprint density at radius 3 is 2.54 bits per heavy atom. The van der Waals surface area contributed by atoms with E-state index < -0.39 is 6.10 Å². The van der Waals surface area contributed by atoms with Crippen LogP contribution in [0.4, 0.5) is 0 Å². The Balaban J connectivity index is 2.88. The molecule has 0 heterocycles. The summed E-state index contributed by atoms with van der Waals surface area (Å²) in [4.78, 5) is 0. The molecule has 0 radical (unpaired) electrons. The van der Waals surface area contributed by atoms with Gasteiger partial charge in [0.05, 0.1) is 6.10 Å². The minimum atomic E-state index is -0.689. The van der Waals surface area contributed by atoms with Crippen molar-refractivity contribution in [1.82, 2.24) is 0 Å². The zero-order chi connectivity index (χ0) is 9.84. The molecule has 0 saturated heterocycles. The second-order valence-electron chi connectivity index (χ2n) is 3.22. The fourth-order valence-electron chi connectivity index (χ4n) is 1.17. The molecule has 3 nitrogen and oxygen atoms in total. The highest BCUT2D eigenvalue weighted by Gasteiger charge is 2.17. The van der Waals surface area contributed by atoms with Crippen molar-refractivity contribution in [2.24, 2.45) is 11.7 Å². The molecular weight excluding hydrogens is 166 g/mol. The monoisotopic (exact) mass is 181 g/mol. The first-order valence-corrected chi connectivity index (χ1v) is 4.33. The van der Waals surface area contributed by atoms with Crippen LogP contribution in [0, 0.1) is 5.92 Å². The zero-order valence-corrected chi connectivity index (χ0v) is 7.64. The van der Waals surface area contributed by atoms with Crippen molar-refractivity contribution >= 4 is 0 Å². The summed E-state index contributed by atoms with van der Waals surface area (Å²) in [6.45, 7) is 2.24. The maximum atomic E-state index is 9.73. The number of aromatic hydroxyl groups is 1. The number of rotatable bonds is 3. The van der Waals surface area contributed by atoms with Gasteiger partial charge in [0.15, 0.2) is 0 Å². The van der Waals surface area contributed by atoms with Crippen molar-refractivity contribution in [2.75, 3.05) is 6.54 Å². The molecule has 0 aromatic heterocycles. The first-order chi connectivity index (χ1) is 6.16. The maximum absolute atomic E-state index is 9.73. The third-order valence-electron chi connectivity index (χ3n) is 2.17. The molecule has 1 aromatic carbocycles. The van der Waals surface area contributed by atoms with Crippen LogP contribution in [0.1, 0.15) is 18.6 Å². The summed E-state index contributed by atoms with van der Waals surface area (Å²) >= 11 is 0. The number of benzene rings is 1. The SMILES string of the molecule is CC(CN)C(O)c1ccccc1O. The lowest BCUT2D eigenvalue weighted by Crippen LogP contribution is -2.18. The molecule has 0 aliphatic carbocycles. The lowest BCUT2D eigenvalue weighted by atomic mass is 9.97. The Bertz CT molecular complexity index is 275. The van der Waals surface area contributed by atoms with Crippen molar-refractivity contribution in [2.45, 2.75) is 13.0 Å². The van der Waals surface area contributed by atoms with Gasteiger partial charge in [-0.05, 0) is 18.5 Å². The van der Waals surface area contributed by atoms with Gasteiger partial charge >= 0.3 is 0 Å². The number of nitrogens with two attached hydrogens (primary N) is 1. The minimum Gasteiger partial charge on any atom is -0.508 e. The molecule has 72 valence electrons. The Hall–Kier alpha value is -1.06. The molecule has 4 N–H and O–H groups in total. The summed E-state index contributed by atoms with van der Waals surface area (Å²) < 4.78 is 0. The van der Waals surface area contributed by atoms with Gasteiger partial charge in [0.1, 0.15) is 5.75 Å². The van der Waals surface area contributed by atoms with E-state index in [1.807, 2.05) is 6.92 Å². The standard InChI is InChI=1S/C10H15NO2/c1-7(6-11)10(13)8-4-2-3-5-9(8)12/h2-5,7,10,12-13H,6,11H2,1H3. The van der Waals surface area contributed by atoms with E-state index in [-0.39, 0.29) is 11.7 Å². The lowest BCUT2D eigenvalue weighted by Gasteiger charge is -2.17. The second-order valence-corrected chi connectivity index (χ2v) is 3.22. The van der Waals surface area contributed by atoms with E-state index in [9.17, 15) is 10.2 Å². The molecule has 0 bridgehead atoms. The highest BCUT2D eigenvalue weighted by Crippen LogP contribution is 2.28. The molecule has 2 atom stereocenters. The molecule has 0 aliphatic rings. The average Bonchev–Trinajstić information content (AvgIpc) is 2.16. The largest absolute Gasteiger partial charge is 0.508 e. The van der Waals surface area contributed by atoms with Gasteiger partial charge in [-0.2, -0.15) is 0 Å². The van der Waals surface area contributed by atoms with Crippen LogP contribution in [-0.4, -0.2) is 16.8 Å². The van der Waals surface area contributed by atoms with Crippen LogP contribution >= 0.6 is 0 Å². The Kier molecular flexibility index (Phi) is 3.28. The number of para-hydroxylation sites is 1. The average molecular weight is 181 g/mol. The highest BCUT2D eigenvalue weighted by atomic mass is 16.3. The van der Waals surface area contributed by atoms with Gasteiger partial charge in [0.25, 0.3) is 0 Å². The number of hydrogen-bond donors (Lipinski definition) is 3. The molecule has 13 heavy (non-hydrogen) atoms. The van der Waals surface area contributed by atoms with E-state index in [0.717, 1.165) is 0 Å². The van der Waals surface area contributed by atoms with E-state index >= 15 is 0 Å². The van der Waals surface area contributed by atoms with E-state index in [1.54, 1.807) is 24.3 Å². The van der Waals surface area contributed by atoms with Crippen molar-refractivity contribution in [3.8, 4) is 5.75 Å². The molecule has 3 heteroatoms. The van der Waals surface area contributed by atoms with Crippen LogP contribution in [-0.2, 0) is 0 Å². The van der Waals surface area contributed by atoms with Gasteiger partial charge in [0, 0.05) is 5.56 Å². The van der Waals surface area contributed by atoms with E-state index in [0.29, 0.717) is 12.1 Å². The lowest BCUT2D eigenvalue weighted by molar-refractivity contribution is 0.119. The van der Waals surface area contributed by atoms with E-state index in [2.05, 4.69) is 0 Å². The fourth-order valence-corrected chi connectivity index (χ4v) is 1.17. The predicted molar refractivity (Wildman–Crippen MR) is 51.3 cm³/mol. The smallest absolute Gasteiger partial charge is 0.121 e. The summed E-state index contributed by atoms with van der Waals surface area (Å²) in [6.07, 6.45) is -0.689. The van der Waals surface area contributed by atoms with Crippen molar-refractivity contribution in [1.29, 1.82) is 0 Å². The summed E-state index contributed by atoms with van der Waals surface area (Å²) in [5.74, 6) is 0.0728. The topological polar surface area (TPSA) is 66.5 Å². The molecular formula is C10H15NO2. The highest BCUT2D eigenvalue weighted by molar-refractivity contribution is 5.33. The molecule has 0 fully saturated rings. The van der Waals surface area contributed by atoms with Crippen LogP contribution in [0.2, 0.25) is 0 Å². The van der Waals surface area contributed by atoms with Crippen molar-refractivity contribution in [3.05, 3.63) is 29.8 Å². The third kappa shape index (κ3) is 2.20. The number of aliphatic hydroxyl groups excluding tert-OH is 1. The van der Waals surface area contributed by atoms with Crippen LogP contribution in [0.25, 0.3) is 0 Å². The van der Waals surface area contributed by atoms with Gasteiger partial charge in [-0.25, -0.2) is 0 Å². The molecule has 1 rings (SSSR count). The molecule has 0 saturated carbocycles. The van der Waals surface area contributed by atoms with Crippen LogP contribution < -0.4 is 5.73 Å². The summed E-state index contributed by atoms with van der Waals surface area (Å²) in [6, 6.07) is 6.76. The number of phenolic OH excluding ortho intramolecular Hbond substituents is 1.